The highest BCUT2D eigenvalue weighted by Crippen LogP contribution is 2.19. The molecule has 5 nitrogen and oxygen atoms in total. The third kappa shape index (κ3) is 4.39. The van der Waals surface area contributed by atoms with E-state index in [1.807, 2.05) is 0 Å². The lowest BCUT2D eigenvalue weighted by Gasteiger charge is -2.05. The third-order valence-electron chi connectivity index (χ3n) is 2.43. The number of benzene rings is 1. The van der Waals surface area contributed by atoms with Crippen LogP contribution in [0.1, 0.15) is 29.6 Å². The van der Waals surface area contributed by atoms with Crippen molar-refractivity contribution in [2.75, 3.05) is 6.54 Å². The van der Waals surface area contributed by atoms with Crippen molar-refractivity contribution in [1.29, 1.82) is 0 Å². The van der Waals surface area contributed by atoms with Crippen molar-refractivity contribution in [2.45, 2.75) is 19.3 Å². The molecule has 0 saturated carbocycles. The molecule has 19 heavy (non-hydrogen) atoms. The molecule has 6 heteroatoms. The molecule has 0 radical (unpaired) electrons. The molecule has 1 amide bonds. The van der Waals surface area contributed by atoms with Crippen molar-refractivity contribution in [1.82, 2.24) is 5.32 Å². The van der Waals surface area contributed by atoms with Crippen molar-refractivity contribution in [3.63, 3.8) is 0 Å². The summed E-state index contributed by atoms with van der Waals surface area (Å²) in [5.41, 5.74) is -0.690. The highest BCUT2D eigenvalue weighted by atomic mass is 19.1. The summed E-state index contributed by atoms with van der Waals surface area (Å²) in [4.78, 5) is 21.8. The Morgan fingerprint density at radius 3 is 2.84 bits per heavy atom. The number of nitrogens with one attached hydrogen (secondary N) is 1. The van der Waals surface area contributed by atoms with Gasteiger partial charge in [0.05, 0.1) is 4.92 Å². The Bertz CT molecular complexity index is 523. The topological polar surface area (TPSA) is 72.2 Å². The minimum Gasteiger partial charge on any atom is -0.352 e. The molecule has 0 heterocycles. The zero-order valence-corrected chi connectivity index (χ0v) is 10.2. The molecule has 0 aliphatic carbocycles. The first-order valence-electron chi connectivity index (χ1n) is 5.72. The maximum Gasteiger partial charge on any atom is 0.282 e. The van der Waals surface area contributed by atoms with Gasteiger partial charge in [0.1, 0.15) is 11.4 Å². The molecular weight excluding hydrogens is 251 g/mol. The largest absolute Gasteiger partial charge is 0.352 e. The van der Waals surface area contributed by atoms with E-state index in [1.54, 1.807) is 0 Å². The fourth-order valence-corrected chi connectivity index (χ4v) is 1.50. The van der Waals surface area contributed by atoms with Crippen LogP contribution in [0.3, 0.4) is 0 Å². The maximum atomic E-state index is 13.0. The van der Waals surface area contributed by atoms with Crippen LogP contribution >= 0.6 is 0 Å². The monoisotopic (exact) mass is 264 g/mol. The number of terminal acetylenes is 1. The van der Waals surface area contributed by atoms with Gasteiger partial charge in [-0.25, -0.2) is 4.39 Å². The molecule has 0 unspecified atom stereocenters. The number of halogens is 1. The number of nitro groups is 1. The number of carbonyl (C=O) groups excluding carboxylic acids is 1. The van der Waals surface area contributed by atoms with E-state index in [2.05, 4.69) is 11.2 Å². The van der Waals surface area contributed by atoms with E-state index in [-0.39, 0.29) is 5.56 Å². The number of hydrogen-bond donors (Lipinski definition) is 1. The predicted octanol–water partition coefficient (Wildman–Crippen LogP) is 2.27. The lowest BCUT2D eigenvalue weighted by atomic mass is 10.1. The van der Waals surface area contributed by atoms with Crippen molar-refractivity contribution in [3.05, 3.63) is 39.7 Å². The molecular formula is C13H13FN2O3. The molecule has 1 N–H and O–H groups in total. The lowest BCUT2D eigenvalue weighted by Crippen LogP contribution is -2.25. The summed E-state index contributed by atoms with van der Waals surface area (Å²) in [6, 6.07) is 2.78. The summed E-state index contributed by atoms with van der Waals surface area (Å²) in [6.07, 6.45) is 7.10. The van der Waals surface area contributed by atoms with Gasteiger partial charge in [-0.1, -0.05) is 0 Å². The molecule has 1 aromatic carbocycles. The Balaban J connectivity index is 2.68. The van der Waals surface area contributed by atoms with Gasteiger partial charge in [-0.3, -0.25) is 14.9 Å². The van der Waals surface area contributed by atoms with Crippen LogP contribution < -0.4 is 5.32 Å². The van der Waals surface area contributed by atoms with Crippen LogP contribution in [0.4, 0.5) is 10.1 Å². The zero-order chi connectivity index (χ0) is 14.3. The summed E-state index contributed by atoms with van der Waals surface area (Å²) in [7, 11) is 0. The van der Waals surface area contributed by atoms with E-state index in [1.165, 1.54) is 0 Å². The lowest BCUT2D eigenvalue weighted by molar-refractivity contribution is -0.385. The van der Waals surface area contributed by atoms with E-state index in [9.17, 15) is 19.3 Å². The van der Waals surface area contributed by atoms with Crippen LogP contribution in [0.5, 0.6) is 0 Å². The molecule has 1 aromatic rings. The van der Waals surface area contributed by atoms with Gasteiger partial charge in [-0.2, -0.15) is 0 Å². The maximum absolute atomic E-state index is 13.0. The van der Waals surface area contributed by atoms with Crippen LogP contribution in [0.25, 0.3) is 0 Å². The Hall–Kier alpha value is -2.42. The minimum atomic E-state index is -0.716. The molecule has 0 aliphatic heterocycles. The van der Waals surface area contributed by atoms with Crippen LogP contribution in [0.15, 0.2) is 18.2 Å². The predicted molar refractivity (Wildman–Crippen MR) is 68.1 cm³/mol. The van der Waals surface area contributed by atoms with Crippen molar-refractivity contribution in [3.8, 4) is 12.3 Å². The Kier molecular flexibility index (Phi) is 5.48. The van der Waals surface area contributed by atoms with Crippen LogP contribution in [0, 0.1) is 28.3 Å². The minimum absolute atomic E-state index is 0.276. The van der Waals surface area contributed by atoms with Gasteiger partial charge in [-0.15, -0.1) is 12.3 Å². The average molecular weight is 264 g/mol. The second-order valence-corrected chi connectivity index (χ2v) is 3.84. The highest BCUT2D eigenvalue weighted by molar-refractivity contribution is 5.98. The molecule has 0 aliphatic rings. The number of nitrogens with zero attached hydrogens (tertiary/aromatic N) is 1. The number of amides is 1. The molecule has 0 bridgehead atoms. The fourth-order valence-electron chi connectivity index (χ4n) is 1.50. The van der Waals surface area contributed by atoms with Gasteiger partial charge in [0, 0.05) is 19.0 Å². The average Bonchev–Trinajstić information content (AvgIpc) is 2.37. The number of unbranched alkanes of at least 4 members (excludes halogenated alkanes) is 2. The fraction of sp³-hybridized carbons (Fsp3) is 0.308. The summed E-state index contributed by atoms with van der Waals surface area (Å²) in [5.74, 6) is 1.12. The van der Waals surface area contributed by atoms with Crippen molar-refractivity contribution >= 4 is 11.6 Å². The number of rotatable bonds is 6. The van der Waals surface area contributed by atoms with Gasteiger partial charge in [-0.05, 0) is 25.0 Å². The second kappa shape index (κ2) is 7.11. The molecule has 0 atom stereocenters. The molecule has 0 spiro atoms. The van der Waals surface area contributed by atoms with Gasteiger partial charge in [0.25, 0.3) is 11.6 Å². The summed E-state index contributed by atoms with van der Waals surface area (Å²) in [5, 5.41) is 13.2. The molecule has 1 rings (SSSR count). The first-order valence-corrected chi connectivity index (χ1v) is 5.72. The summed E-state index contributed by atoms with van der Waals surface area (Å²) in [6.45, 7) is 0.341. The zero-order valence-electron chi connectivity index (χ0n) is 10.2. The van der Waals surface area contributed by atoms with E-state index >= 15 is 0 Å². The van der Waals surface area contributed by atoms with E-state index in [0.717, 1.165) is 24.6 Å². The molecule has 0 fully saturated rings. The SMILES string of the molecule is C#CCCCCNC(=O)c1cc(F)ccc1[N+](=O)[O-]. The molecule has 0 saturated heterocycles. The summed E-state index contributed by atoms with van der Waals surface area (Å²) >= 11 is 0. The number of nitro benzene ring substituents is 1. The van der Waals surface area contributed by atoms with Gasteiger partial charge >= 0.3 is 0 Å². The summed E-state index contributed by atoms with van der Waals surface area (Å²) < 4.78 is 13.0. The number of hydrogen-bond acceptors (Lipinski definition) is 3. The van der Waals surface area contributed by atoms with Crippen LogP contribution in [-0.2, 0) is 0 Å². The van der Waals surface area contributed by atoms with Gasteiger partial charge in [0.2, 0.25) is 0 Å². The first kappa shape index (κ1) is 14.6. The Morgan fingerprint density at radius 1 is 1.47 bits per heavy atom. The Morgan fingerprint density at radius 2 is 2.21 bits per heavy atom. The van der Waals surface area contributed by atoms with E-state index < -0.39 is 22.3 Å². The van der Waals surface area contributed by atoms with Gasteiger partial charge < -0.3 is 5.32 Å². The van der Waals surface area contributed by atoms with Crippen LogP contribution in [0.2, 0.25) is 0 Å². The standard InChI is InChI=1S/C13H13FN2O3/c1-2-3-4-5-8-15-13(17)11-9-10(14)6-7-12(11)16(18)19/h1,6-7,9H,3-5,8H2,(H,15,17). The molecule has 0 aromatic heterocycles. The van der Waals surface area contributed by atoms with E-state index in [0.29, 0.717) is 19.4 Å². The number of carbonyl (C=O) groups is 1. The third-order valence-corrected chi connectivity index (χ3v) is 2.43. The van der Waals surface area contributed by atoms with E-state index in [4.69, 9.17) is 6.42 Å². The van der Waals surface area contributed by atoms with Crippen molar-refractivity contribution in [2.24, 2.45) is 0 Å². The molecule has 100 valence electrons. The second-order valence-electron chi connectivity index (χ2n) is 3.84. The van der Waals surface area contributed by atoms with Crippen LogP contribution in [-0.4, -0.2) is 17.4 Å². The van der Waals surface area contributed by atoms with Crippen molar-refractivity contribution < 1.29 is 14.1 Å². The van der Waals surface area contributed by atoms with Gasteiger partial charge in [0.15, 0.2) is 0 Å². The smallest absolute Gasteiger partial charge is 0.282 e. The quantitative estimate of drug-likeness (QED) is 0.371. The Labute approximate surface area is 110 Å². The normalized spacial score (nSPS) is 9.68. The highest BCUT2D eigenvalue weighted by Gasteiger charge is 2.20. The first-order chi connectivity index (χ1) is 9.06.